The summed E-state index contributed by atoms with van der Waals surface area (Å²) in [6.07, 6.45) is -0.185. The molecule has 1 unspecified atom stereocenters. The lowest BCUT2D eigenvalue weighted by Gasteiger charge is -2.46. The Bertz CT molecular complexity index is 1150. The molecular weight excluding hydrogens is 476 g/mol. The number of rotatable bonds is 9. The molecule has 0 amide bonds. The second kappa shape index (κ2) is 11.3. The molecule has 5 atom stereocenters. The van der Waals surface area contributed by atoms with Gasteiger partial charge in [0.1, 0.15) is 24.6 Å². The van der Waals surface area contributed by atoms with Crippen molar-refractivity contribution in [3.05, 3.63) is 99.6 Å². The summed E-state index contributed by atoms with van der Waals surface area (Å²) in [5.41, 5.74) is 4.65. The first kappa shape index (κ1) is 25.2. The van der Waals surface area contributed by atoms with Crippen LogP contribution in [0.15, 0.2) is 66.7 Å². The van der Waals surface area contributed by atoms with Gasteiger partial charge in [-0.1, -0.05) is 86.1 Å². The summed E-state index contributed by atoms with van der Waals surface area (Å²) in [4.78, 5) is 0. The molecule has 5 nitrogen and oxygen atoms in total. The predicted octanol–water partition coefficient (Wildman–Crippen LogP) is 6.38. The van der Waals surface area contributed by atoms with Gasteiger partial charge in [-0.05, 0) is 29.2 Å². The molecule has 2 aliphatic heterocycles. The van der Waals surface area contributed by atoms with E-state index >= 15 is 0 Å². The second-order valence-electron chi connectivity index (χ2n) is 9.58. The zero-order valence-corrected chi connectivity index (χ0v) is 21.5. The van der Waals surface area contributed by atoms with E-state index in [0.717, 1.165) is 34.4 Å². The van der Waals surface area contributed by atoms with E-state index in [4.69, 9.17) is 30.5 Å². The zero-order valence-electron chi connectivity index (χ0n) is 20.7. The van der Waals surface area contributed by atoms with Crippen LogP contribution >= 0.6 is 11.6 Å². The standard InChI is InChI=1S/C30H33ClO5/c1-3-25-19(2)27(33-16-20-10-6-4-7-11-20)30(34-17-21-12-8-5-9-13-21)29(36-25)23-14-22(15-32)26(31)24-18-35-28(23)24/h4-14,19,25,27,29-30,32H,3,15-18H2,1-2H3/t19-,25-,27+,29?,30-/m1/s1. The molecule has 2 heterocycles. The molecule has 3 aromatic carbocycles. The average molecular weight is 509 g/mol. The van der Waals surface area contributed by atoms with Gasteiger partial charge in [0.15, 0.2) is 0 Å². The Morgan fingerprint density at radius 2 is 1.56 bits per heavy atom. The van der Waals surface area contributed by atoms with Gasteiger partial charge in [0, 0.05) is 11.5 Å². The first-order valence-electron chi connectivity index (χ1n) is 12.6. The summed E-state index contributed by atoms with van der Waals surface area (Å²) in [6.45, 7) is 5.51. The average Bonchev–Trinajstić information content (AvgIpc) is 2.89. The maximum Gasteiger partial charge on any atom is 0.133 e. The van der Waals surface area contributed by atoms with Crippen LogP contribution in [0.4, 0.5) is 0 Å². The molecule has 0 spiro atoms. The summed E-state index contributed by atoms with van der Waals surface area (Å²) < 4.78 is 25.8. The van der Waals surface area contributed by atoms with Crippen LogP contribution in [0.25, 0.3) is 0 Å². The van der Waals surface area contributed by atoms with Crippen molar-refractivity contribution in [1.82, 2.24) is 0 Å². The minimum absolute atomic E-state index is 0.0173. The van der Waals surface area contributed by atoms with Crippen LogP contribution in [0.2, 0.25) is 5.02 Å². The lowest BCUT2D eigenvalue weighted by molar-refractivity contribution is -0.235. The third kappa shape index (κ3) is 5.04. The molecule has 1 N–H and O–H groups in total. The summed E-state index contributed by atoms with van der Waals surface area (Å²) >= 11 is 6.53. The maximum absolute atomic E-state index is 9.98. The lowest BCUT2D eigenvalue weighted by atomic mass is 9.83. The van der Waals surface area contributed by atoms with Crippen LogP contribution in [0.1, 0.15) is 54.2 Å². The Morgan fingerprint density at radius 1 is 0.944 bits per heavy atom. The molecule has 0 bridgehead atoms. The van der Waals surface area contributed by atoms with E-state index in [1.807, 2.05) is 42.5 Å². The van der Waals surface area contributed by atoms with Crippen molar-refractivity contribution in [2.24, 2.45) is 5.92 Å². The fourth-order valence-corrected chi connectivity index (χ4v) is 5.48. The first-order chi connectivity index (χ1) is 17.6. The monoisotopic (exact) mass is 508 g/mol. The minimum atomic E-state index is -0.424. The molecule has 1 saturated heterocycles. The third-order valence-electron chi connectivity index (χ3n) is 7.27. The van der Waals surface area contributed by atoms with Crippen molar-refractivity contribution in [3.63, 3.8) is 0 Å². The van der Waals surface area contributed by atoms with E-state index in [-0.39, 0.29) is 30.8 Å². The molecule has 2 aliphatic rings. The summed E-state index contributed by atoms with van der Waals surface area (Å²) in [6, 6.07) is 22.2. The molecular formula is C30H33ClO5. The molecule has 5 rings (SSSR count). The Morgan fingerprint density at radius 3 is 2.08 bits per heavy atom. The molecule has 190 valence electrons. The van der Waals surface area contributed by atoms with Crippen LogP contribution in [0, 0.1) is 5.92 Å². The van der Waals surface area contributed by atoms with Crippen molar-refractivity contribution >= 4 is 11.6 Å². The molecule has 0 saturated carbocycles. The van der Waals surface area contributed by atoms with Gasteiger partial charge in [-0.2, -0.15) is 0 Å². The number of hydrogen-bond acceptors (Lipinski definition) is 5. The fourth-order valence-electron chi connectivity index (χ4n) is 5.23. The van der Waals surface area contributed by atoms with Gasteiger partial charge in [0.2, 0.25) is 0 Å². The Kier molecular flexibility index (Phi) is 7.94. The lowest BCUT2D eigenvalue weighted by Crippen LogP contribution is -2.52. The maximum atomic E-state index is 9.98. The smallest absolute Gasteiger partial charge is 0.133 e. The number of hydrogen-bond donors (Lipinski definition) is 1. The van der Waals surface area contributed by atoms with Crippen molar-refractivity contribution in [3.8, 4) is 5.75 Å². The third-order valence-corrected chi connectivity index (χ3v) is 7.74. The van der Waals surface area contributed by atoms with E-state index in [9.17, 15) is 5.11 Å². The number of ether oxygens (including phenoxy) is 4. The van der Waals surface area contributed by atoms with Crippen molar-refractivity contribution < 1.29 is 24.1 Å². The number of halogens is 1. The second-order valence-corrected chi connectivity index (χ2v) is 9.96. The molecule has 0 aromatic heterocycles. The minimum Gasteiger partial charge on any atom is -0.488 e. The van der Waals surface area contributed by atoms with Gasteiger partial charge in [0.25, 0.3) is 0 Å². The highest BCUT2D eigenvalue weighted by molar-refractivity contribution is 6.32. The number of aliphatic hydroxyl groups is 1. The van der Waals surface area contributed by atoms with Gasteiger partial charge < -0.3 is 24.1 Å². The van der Waals surface area contributed by atoms with Crippen molar-refractivity contribution in [2.75, 3.05) is 0 Å². The highest BCUT2D eigenvalue weighted by atomic mass is 35.5. The topological polar surface area (TPSA) is 57.2 Å². The van der Waals surface area contributed by atoms with Gasteiger partial charge >= 0.3 is 0 Å². The molecule has 36 heavy (non-hydrogen) atoms. The highest BCUT2D eigenvalue weighted by Gasteiger charge is 2.47. The van der Waals surface area contributed by atoms with Gasteiger partial charge in [-0.3, -0.25) is 0 Å². The van der Waals surface area contributed by atoms with Crippen LogP contribution < -0.4 is 4.74 Å². The van der Waals surface area contributed by atoms with Crippen molar-refractivity contribution in [1.29, 1.82) is 0 Å². The van der Waals surface area contributed by atoms with Gasteiger partial charge in [-0.25, -0.2) is 0 Å². The quantitative estimate of drug-likeness (QED) is 0.363. The summed E-state index contributed by atoms with van der Waals surface area (Å²) in [5, 5.41) is 10.5. The molecule has 0 aliphatic carbocycles. The predicted molar refractivity (Wildman–Crippen MR) is 139 cm³/mol. The Hall–Kier alpha value is -2.41. The van der Waals surface area contributed by atoms with Gasteiger partial charge in [0.05, 0.1) is 42.6 Å². The van der Waals surface area contributed by atoms with E-state index in [1.165, 1.54) is 0 Å². The highest BCUT2D eigenvalue weighted by Crippen LogP contribution is 2.49. The fraction of sp³-hybridized carbons (Fsp3) is 0.400. The molecule has 3 aromatic rings. The summed E-state index contributed by atoms with van der Waals surface area (Å²) in [7, 11) is 0. The van der Waals surface area contributed by atoms with E-state index in [1.54, 1.807) is 0 Å². The van der Waals surface area contributed by atoms with Crippen LogP contribution in [-0.4, -0.2) is 23.4 Å². The van der Waals surface area contributed by atoms with E-state index in [0.29, 0.717) is 30.4 Å². The Labute approximate surface area is 217 Å². The van der Waals surface area contributed by atoms with Crippen molar-refractivity contribution in [2.45, 2.75) is 71.1 Å². The number of fused-ring (bicyclic) bond motifs is 1. The number of aliphatic hydroxyl groups excluding tert-OH is 1. The van der Waals surface area contributed by atoms with E-state index < -0.39 is 6.10 Å². The Balaban J connectivity index is 1.51. The van der Waals surface area contributed by atoms with Crippen LogP contribution in [-0.2, 0) is 40.6 Å². The SMILES string of the molecule is CC[C@H]1OC(c2cc(CO)c(Cl)c3c2OC3)[C@H](OCc2ccccc2)[C@@H](OCc2ccccc2)[C@@H]1C. The largest absolute Gasteiger partial charge is 0.488 e. The summed E-state index contributed by atoms with van der Waals surface area (Å²) in [5.74, 6) is 0.855. The zero-order chi connectivity index (χ0) is 25.1. The number of benzene rings is 3. The van der Waals surface area contributed by atoms with Gasteiger partial charge in [-0.15, -0.1) is 0 Å². The molecule has 0 radical (unpaired) electrons. The van der Waals surface area contributed by atoms with E-state index in [2.05, 4.69) is 38.1 Å². The normalized spacial score (nSPS) is 25.1. The first-order valence-corrected chi connectivity index (χ1v) is 13.0. The molecule has 1 fully saturated rings. The van der Waals surface area contributed by atoms with Crippen LogP contribution in [0.5, 0.6) is 5.75 Å². The molecule has 6 heteroatoms. The van der Waals surface area contributed by atoms with Crippen LogP contribution in [0.3, 0.4) is 0 Å².